The molecule has 2 aromatic rings. The zero-order chi connectivity index (χ0) is 16.1. The molecule has 0 saturated carbocycles. The molecule has 3 nitrogen and oxygen atoms in total. The highest BCUT2D eigenvalue weighted by atomic mass is 35.5. The van der Waals surface area contributed by atoms with Crippen LogP contribution in [0.3, 0.4) is 0 Å². The number of hydrogen-bond acceptors (Lipinski definition) is 2. The first-order valence-corrected chi connectivity index (χ1v) is 6.94. The normalized spacial score (nSPS) is 12.0. The Bertz CT molecular complexity index is 630. The van der Waals surface area contributed by atoms with E-state index in [1.54, 1.807) is 12.1 Å². The summed E-state index contributed by atoms with van der Waals surface area (Å²) in [5.74, 6) is -0.289. The number of carbonyl (C=O) groups excluding carboxylic acids is 1. The van der Waals surface area contributed by atoms with Gasteiger partial charge in [0.2, 0.25) is 0 Å². The fourth-order valence-electron chi connectivity index (χ4n) is 1.90. The summed E-state index contributed by atoms with van der Waals surface area (Å²) in [5, 5.41) is 3.44. The number of rotatable bonds is 5. The lowest BCUT2D eigenvalue weighted by Gasteiger charge is -2.14. The molecule has 2 rings (SSSR count). The molecule has 1 N–H and O–H groups in total. The lowest BCUT2D eigenvalue weighted by atomic mass is 10.1. The number of hydrogen-bond donors (Lipinski definition) is 1. The summed E-state index contributed by atoms with van der Waals surface area (Å²) in [6, 6.07) is 12.5. The molecule has 0 aromatic heterocycles. The van der Waals surface area contributed by atoms with E-state index in [1.165, 1.54) is 24.3 Å². The molecule has 2 aromatic carbocycles. The molecule has 0 bridgehead atoms. The van der Waals surface area contributed by atoms with Gasteiger partial charge < -0.3 is 10.1 Å². The molecule has 116 valence electrons. The zero-order valence-corrected chi connectivity index (χ0v) is 12.5. The maximum Gasteiger partial charge on any atom is 0.387 e. The van der Waals surface area contributed by atoms with Gasteiger partial charge >= 0.3 is 6.61 Å². The Morgan fingerprint density at radius 2 is 1.68 bits per heavy atom. The molecule has 0 fully saturated rings. The lowest BCUT2D eigenvalue weighted by molar-refractivity contribution is -0.0498. The molecule has 0 radical (unpaired) electrons. The summed E-state index contributed by atoms with van der Waals surface area (Å²) in [5.41, 5.74) is 1.28. The molecule has 0 saturated heterocycles. The molecule has 1 atom stereocenters. The first-order valence-electron chi connectivity index (χ1n) is 6.57. The van der Waals surface area contributed by atoms with E-state index in [9.17, 15) is 13.6 Å². The fourth-order valence-corrected chi connectivity index (χ4v) is 2.03. The molecule has 1 amide bonds. The monoisotopic (exact) mass is 325 g/mol. The van der Waals surface area contributed by atoms with Crippen molar-refractivity contribution >= 4 is 17.5 Å². The van der Waals surface area contributed by atoms with Crippen molar-refractivity contribution in [3.8, 4) is 5.75 Å². The van der Waals surface area contributed by atoms with Crippen molar-refractivity contribution in [2.45, 2.75) is 19.6 Å². The Kier molecular flexibility index (Phi) is 5.33. The van der Waals surface area contributed by atoms with Crippen molar-refractivity contribution in [1.82, 2.24) is 5.32 Å². The minimum Gasteiger partial charge on any atom is -0.435 e. The number of carbonyl (C=O) groups is 1. The molecule has 1 unspecified atom stereocenters. The van der Waals surface area contributed by atoms with Gasteiger partial charge in [-0.1, -0.05) is 23.7 Å². The molecule has 0 spiro atoms. The summed E-state index contributed by atoms with van der Waals surface area (Å²) in [6.07, 6.45) is 0. The van der Waals surface area contributed by atoms with Gasteiger partial charge in [-0.3, -0.25) is 4.79 Å². The largest absolute Gasteiger partial charge is 0.435 e. The maximum absolute atomic E-state index is 12.1. The molecule has 6 heteroatoms. The standard InChI is InChI=1S/C16H14ClF2NO2/c1-10(11-2-6-13(17)7-3-11)20-15(21)12-4-8-14(9-5-12)22-16(18)19/h2-10,16H,1H3,(H,20,21). The van der Waals surface area contributed by atoms with E-state index in [1.807, 2.05) is 19.1 Å². The molecule has 22 heavy (non-hydrogen) atoms. The SMILES string of the molecule is CC(NC(=O)c1ccc(OC(F)F)cc1)c1ccc(Cl)cc1. The van der Waals surface area contributed by atoms with E-state index in [0.29, 0.717) is 10.6 Å². The third-order valence-corrected chi connectivity index (χ3v) is 3.31. The van der Waals surface area contributed by atoms with Gasteiger partial charge in [0.25, 0.3) is 5.91 Å². The van der Waals surface area contributed by atoms with Crippen LogP contribution < -0.4 is 10.1 Å². The van der Waals surface area contributed by atoms with Gasteiger partial charge in [0.15, 0.2) is 0 Å². The Morgan fingerprint density at radius 1 is 1.09 bits per heavy atom. The Hall–Kier alpha value is -2.14. The van der Waals surface area contributed by atoms with Crippen LogP contribution in [0, 0.1) is 0 Å². The molecule has 0 heterocycles. The molecular formula is C16H14ClF2NO2. The summed E-state index contributed by atoms with van der Waals surface area (Å²) < 4.78 is 28.3. The third kappa shape index (κ3) is 4.43. The second kappa shape index (κ2) is 7.22. The van der Waals surface area contributed by atoms with Gasteiger partial charge in [0.1, 0.15) is 5.75 Å². The minimum atomic E-state index is -2.88. The van der Waals surface area contributed by atoms with Gasteiger partial charge in [-0.25, -0.2) is 0 Å². The van der Waals surface area contributed by atoms with Gasteiger partial charge in [-0.15, -0.1) is 0 Å². The van der Waals surface area contributed by atoms with Gasteiger partial charge in [-0.05, 0) is 48.9 Å². The van der Waals surface area contributed by atoms with Gasteiger partial charge in [0, 0.05) is 10.6 Å². The smallest absolute Gasteiger partial charge is 0.387 e. The van der Waals surface area contributed by atoms with Crippen molar-refractivity contribution < 1.29 is 18.3 Å². The number of amides is 1. The Morgan fingerprint density at radius 3 is 2.23 bits per heavy atom. The minimum absolute atomic E-state index is 0.0114. The fraction of sp³-hybridized carbons (Fsp3) is 0.188. The molecular weight excluding hydrogens is 312 g/mol. The number of halogens is 3. The van der Waals surface area contributed by atoms with Crippen LogP contribution in [0.5, 0.6) is 5.75 Å². The highest BCUT2D eigenvalue weighted by Crippen LogP contribution is 2.18. The van der Waals surface area contributed by atoms with E-state index in [-0.39, 0.29) is 17.7 Å². The summed E-state index contributed by atoms with van der Waals surface area (Å²) in [7, 11) is 0. The first-order chi connectivity index (χ1) is 10.5. The Balaban J connectivity index is 2.00. The van der Waals surface area contributed by atoms with Crippen LogP contribution in [-0.2, 0) is 0 Å². The molecule has 0 aliphatic carbocycles. The van der Waals surface area contributed by atoms with Gasteiger partial charge in [-0.2, -0.15) is 8.78 Å². The highest BCUT2D eigenvalue weighted by Gasteiger charge is 2.12. The number of alkyl halides is 2. The number of ether oxygens (including phenoxy) is 1. The van der Waals surface area contributed by atoms with Gasteiger partial charge in [0.05, 0.1) is 6.04 Å². The average Bonchev–Trinajstić information content (AvgIpc) is 2.48. The molecule has 0 aliphatic heterocycles. The van der Waals surface area contributed by atoms with Crippen LogP contribution in [0.4, 0.5) is 8.78 Å². The van der Waals surface area contributed by atoms with E-state index >= 15 is 0 Å². The van der Waals surface area contributed by atoms with Crippen molar-refractivity contribution in [3.05, 3.63) is 64.7 Å². The van der Waals surface area contributed by atoms with Crippen LogP contribution in [-0.4, -0.2) is 12.5 Å². The summed E-state index contributed by atoms with van der Waals surface area (Å²) in [4.78, 5) is 12.1. The molecule has 0 aliphatic rings. The second-order valence-electron chi connectivity index (χ2n) is 4.65. The van der Waals surface area contributed by atoms with Crippen LogP contribution in [0.1, 0.15) is 28.9 Å². The van der Waals surface area contributed by atoms with E-state index in [4.69, 9.17) is 11.6 Å². The van der Waals surface area contributed by atoms with Crippen molar-refractivity contribution in [1.29, 1.82) is 0 Å². The predicted octanol–water partition coefficient (Wildman–Crippen LogP) is 4.43. The maximum atomic E-state index is 12.1. The summed E-state index contributed by atoms with van der Waals surface area (Å²) in [6.45, 7) is -1.04. The highest BCUT2D eigenvalue weighted by molar-refractivity contribution is 6.30. The quantitative estimate of drug-likeness (QED) is 0.883. The Labute approximate surface area is 131 Å². The van der Waals surface area contributed by atoms with Crippen LogP contribution >= 0.6 is 11.6 Å². The van der Waals surface area contributed by atoms with E-state index in [0.717, 1.165) is 5.56 Å². The summed E-state index contributed by atoms with van der Waals surface area (Å²) >= 11 is 5.82. The first kappa shape index (κ1) is 16.2. The average molecular weight is 326 g/mol. The topological polar surface area (TPSA) is 38.3 Å². The predicted molar refractivity (Wildman–Crippen MR) is 80.4 cm³/mol. The number of nitrogens with one attached hydrogen (secondary N) is 1. The van der Waals surface area contributed by atoms with E-state index in [2.05, 4.69) is 10.1 Å². The van der Waals surface area contributed by atoms with Crippen LogP contribution in [0.25, 0.3) is 0 Å². The van der Waals surface area contributed by atoms with Crippen LogP contribution in [0.15, 0.2) is 48.5 Å². The second-order valence-corrected chi connectivity index (χ2v) is 5.09. The van der Waals surface area contributed by atoms with Crippen molar-refractivity contribution in [2.24, 2.45) is 0 Å². The zero-order valence-electron chi connectivity index (χ0n) is 11.7. The van der Waals surface area contributed by atoms with Crippen molar-refractivity contribution in [2.75, 3.05) is 0 Å². The lowest BCUT2D eigenvalue weighted by Crippen LogP contribution is -2.26. The number of benzene rings is 2. The third-order valence-electron chi connectivity index (χ3n) is 3.06. The van der Waals surface area contributed by atoms with E-state index < -0.39 is 6.61 Å². The van der Waals surface area contributed by atoms with Crippen LogP contribution in [0.2, 0.25) is 5.02 Å². The van der Waals surface area contributed by atoms with Crippen molar-refractivity contribution in [3.63, 3.8) is 0 Å².